The van der Waals surface area contributed by atoms with Gasteiger partial charge in [0.05, 0.1) is 0 Å². The van der Waals surface area contributed by atoms with Crippen molar-refractivity contribution in [2.24, 2.45) is 11.5 Å². The number of nitrogen functional groups attached to an aromatic ring is 2. The van der Waals surface area contributed by atoms with Crippen molar-refractivity contribution < 1.29 is 0 Å². The molecule has 0 aliphatic heterocycles. The Labute approximate surface area is 124 Å². The number of nitrogens with one attached hydrogen (secondary N) is 2. The van der Waals surface area contributed by atoms with Gasteiger partial charge in [0, 0.05) is 11.1 Å². The number of rotatable bonds is 4. The molecule has 0 amide bonds. The summed E-state index contributed by atoms with van der Waals surface area (Å²) in [7, 11) is 0. The number of allylic oxidation sites excluding steroid dienone is 1. The Balaban J connectivity index is 2.23. The van der Waals surface area contributed by atoms with Gasteiger partial charge in [0.25, 0.3) is 0 Å². The molecule has 0 atom stereocenters. The zero-order valence-electron chi connectivity index (χ0n) is 11.9. The highest BCUT2D eigenvalue weighted by Crippen LogP contribution is 2.18. The number of hydrogen-bond donors (Lipinski definition) is 4. The molecule has 2 aromatic rings. The van der Waals surface area contributed by atoms with Crippen LogP contribution in [0.5, 0.6) is 0 Å². The summed E-state index contributed by atoms with van der Waals surface area (Å²) in [4.78, 5) is 0. The summed E-state index contributed by atoms with van der Waals surface area (Å²) in [6, 6.07) is 15.1. The molecule has 0 aliphatic carbocycles. The predicted octanol–water partition coefficient (Wildman–Crippen LogP) is 2.82. The van der Waals surface area contributed by atoms with Crippen molar-refractivity contribution in [3.05, 3.63) is 70.8 Å². The van der Waals surface area contributed by atoms with Crippen LogP contribution in [-0.4, -0.2) is 11.7 Å². The average Bonchev–Trinajstić information content (AvgIpc) is 2.47. The lowest BCUT2D eigenvalue weighted by molar-refractivity contribution is 1.42. The minimum atomic E-state index is 0.0714. The standard InChI is InChI=1S/C17H18N4/c1-11(13-6-8-15(9-7-13)17(20)21)10-12-2-4-14(5-3-12)16(18)19/h2-10H,1H3,(H3,18,19)(H3,20,21)/b11-10-. The number of amidine groups is 2. The average molecular weight is 278 g/mol. The third kappa shape index (κ3) is 3.57. The third-order valence-electron chi connectivity index (χ3n) is 3.26. The monoisotopic (exact) mass is 278 g/mol. The summed E-state index contributed by atoms with van der Waals surface area (Å²) >= 11 is 0. The molecule has 0 unspecified atom stereocenters. The molecule has 0 bridgehead atoms. The Morgan fingerprint density at radius 3 is 1.57 bits per heavy atom. The smallest absolute Gasteiger partial charge is 0.122 e. The van der Waals surface area contributed by atoms with Crippen molar-refractivity contribution in [2.75, 3.05) is 0 Å². The first-order chi connectivity index (χ1) is 9.97. The first-order valence-electron chi connectivity index (χ1n) is 6.55. The molecule has 2 aromatic carbocycles. The van der Waals surface area contributed by atoms with Crippen LogP contribution in [0.15, 0.2) is 48.5 Å². The van der Waals surface area contributed by atoms with E-state index in [2.05, 4.69) is 6.08 Å². The van der Waals surface area contributed by atoms with E-state index in [0.29, 0.717) is 0 Å². The van der Waals surface area contributed by atoms with Gasteiger partial charge in [-0.2, -0.15) is 0 Å². The Morgan fingerprint density at radius 2 is 1.14 bits per heavy atom. The lowest BCUT2D eigenvalue weighted by atomic mass is 10.0. The second kappa shape index (κ2) is 6.05. The van der Waals surface area contributed by atoms with Crippen molar-refractivity contribution in [2.45, 2.75) is 6.92 Å². The minimum Gasteiger partial charge on any atom is -0.384 e. The zero-order chi connectivity index (χ0) is 15.4. The van der Waals surface area contributed by atoms with Gasteiger partial charge in [0.2, 0.25) is 0 Å². The molecule has 0 saturated heterocycles. The van der Waals surface area contributed by atoms with Crippen LogP contribution in [0, 0.1) is 10.8 Å². The molecule has 106 valence electrons. The van der Waals surface area contributed by atoms with Gasteiger partial charge in [-0.25, -0.2) is 0 Å². The fourth-order valence-corrected chi connectivity index (χ4v) is 2.00. The van der Waals surface area contributed by atoms with Crippen LogP contribution < -0.4 is 11.5 Å². The maximum absolute atomic E-state index is 7.38. The Kier molecular flexibility index (Phi) is 4.18. The summed E-state index contributed by atoms with van der Waals surface area (Å²) < 4.78 is 0. The maximum atomic E-state index is 7.38. The second-order valence-electron chi connectivity index (χ2n) is 4.85. The predicted molar refractivity (Wildman–Crippen MR) is 88.5 cm³/mol. The quantitative estimate of drug-likeness (QED) is 0.393. The minimum absolute atomic E-state index is 0.0714. The van der Waals surface area contributed by atoms with E-state index in [1.54, 1.807) is 0 Å². The van der Waals surface area contributed by atoms with Crippen LogP contribution in [0.2, 0.25) is 0 Å². The molecule has 0 heterocycles. The summed E-state index contributed by atoms with van der Waals surface area (Å²) in [5.74, 6) is 0.144. The van der Waals surface area contributed by atoms with E-state index in [0.717, 1.165) is 27.8 Å². The maximum Gasteiger partial charge on any atom is 0.122 e. The normalized spacial score (nSPS) is 11.2. The van der Waals surface area contributed by atoms with Gasteiger partial charge >= 0.3 is 0 Å². The zero-order valence-corrected chi connectivity index (χ0v) is 11.9. The fraction of sp³-hybridized carbons (Fsp3) is 0.0588. The molecule has 0 spiro atoms. The van der Waals surface area contributed by atoms with Gasteiger partial charge in [-0.3, -0.25) is 10.8 Å². The molecule has 6 N–H and O–H groups in total. The third-order valence-corrected chi connectivity index (χ3v) is 3.26. The highest BCUT2D eigenvalue weighted by atomic mass is 14.7. The van der Waals surface area contributed by atoms with Crippen LogP contribution in [0.1, 0.15) is 29.2 Å². The van der Waals surface area contributed by atoms with E-state index in [4.69, 9.17) is 22.3 Å². The van der Waals surface area contributed by atoms with Crippen molar-refractivity contribution in [3.8, 4) is 0 Å². The van der Waals surface area contributed by atoms with E-state index < -0.39 is 0 Å². The van der Waals surface area contributed by atoms with Crippen molar-refractivity contribution >= 4 is 23.3 Å². The van der Waals surface area contributed by atoms with Gasteiger partial charge in [0.15, 0.2) is 0 Å². The van der Waals surface area contributed by atoms with E-state index in [-0.39, 0.29) is 11.7 Å². The molecule has 21 heavy (non-hydrogen) atoms. The lowest BCUT2D eigenvalue weighted by Crippen LogP contribution is -2.10. The molecule has 0 saturated carbocycles. The van der Waals surface area contributed by atoms with E-state index >= 15 is 0 Å². The molecule has 0 aliphatic rings. The Hall–Kier alpha value is -2.88. The molecule has 0 radical (unpaired) electrons. The van der Waals surface area contributed by atoms with Crippen molar-refractivity contribution in [1.29, 1.82) is 10.8 Å². The molecule has 4 nitrogen and oxygen atoms in total. The van der Waals surface area contributed by atoms with Gasteiger partial charge < -0.3 is 11.5 Å². The fourth-order valence-electron chi connectivity index (χ4n) is 2.00. The van der Waals surface area contributed by atoms with Gasteiger partial charge in [-0.1, -0.05) is 54.6 Å². The number of hydrogen-bond acceptors (Lipinski definition) is 2. The highest BCUT2D eigenvalue weighted by molar-refractivity contribution is 5.96. The van der Waals surface area contributed by atoms with E-state index in [9.17, 15) is 0 Å². The Bertz CT molecular complexity index is 695. The summed E-state index contributed by atoms with van der Waals surface area (Å²) in [6.07, 6.45) is 2.06. The summed E-state index contributed by atoms with van der Waals surface area (Å²) in [5.41, 5.74) is 15.6. The lowest BCUT2D eigenvalue weighted by Gasteiger charge is -2.05. The summed E-state index contributed by atoms with van der Waals surface area (Å²) in [6.45, 7) is 2.03. The highest BCUT2D eigenvalue weighted by Gasteiger charge is 2.00. The van der Waals surface area contributed by atoms with Crippen molar-refractivity contribution in [3.63, 3.8) is 0 Å². The van der Waals surface area contributed by atoms with Crippen LogP contribution >= 0.6 is 0 Å². The van der Waals surface area contributed by atoms with E-state index in [1.165, 1.54) is 0 Å². The van der Waals surface area contributed by atoms with Crippen LogP contribution in [0.25, 0.3) is 11.6 Å². The SMILES string of the molecule is C/C(=C/c1ccc(C(=N)N)cc1)c1ccc(C(=N)N)cc1. The largest absolute Gasteiger partial charge is 0.384 e. The molecule has 2 rings (SSSR count). The number of nitrogens with two attached hydrogens (primary N) is 2. The molecule has 0 aromatic heterocycles. The van der Waals surface area contributed by atoms with Gasteiger partial charge in [-0.15, -0.1) is 0 Å². The van der Waals surface area contributed by atoms with Gasteiger partial charge in [0.1, 0.15) is 11.7 Å². The summed E-state index contributed by atoms with van der Waals surface area (Å²) in [5, 5.41) is 14.8. The van der Waals surface area contributed by atoms with Gasteiger partial charge in [-0.05, 0) is 23.6 Å². The van der Waals surface area contributed by atoms with Crippen LogP contribution in [-0.2, 0) is 0 Å². The Morgan fingerprint density at radius 1 is 0.762 bits per heavy atom. The topological polar surface area (TPSA) is 99.7 Å². The second-order valence-corrected chi connectivity index (χ2v) is 4.85. The van der Waals surface area contributed by atoms with E-state index in [1.807, 2.05) is 55.5 Å². The van der Waals surface area contributed by atoms with Crippen LogP contribution in [0.3, 0.4) is 0 Å². The molecular formula is C17H18N4. The van der Waals surface area contributed by atoms with Crippen molar-refractivity contribution in [1.82, 2.24) is 0 Å². The van der Waals surface area contributed by atoms with Crippen LogP contribution in [0.4, 0.5) is 0 Å². The molecule has 4 heteroatoms. The number of benzene rings is 2. The first kappa shape index (κ1) is 14.5. The molecule has 0 fully saturated rings. The molecular weight excluding hydrogens is 260 g/mol. The first-order valence-corrected chi connectivity index (χ1v) is 6.55.